The SMILES string of the molecule is NCc1nnc(Nc2ccc(Br)cc2OC(F)(F)F)o1. The number of anilines is 2. The van der Waals surface area contributed by atoms with Crippen molar-refractivity contribution in [2.24, 2.45) is 5.73 Å². The summed E-state index contributed by atoms with van der Waals surface area (Å²) in [6.45, 7) is 0.0287. The van der Waals surface area contributed by atoms with Gasteiger partial charge in [-0.25, -0.2) is 0 Å². The van der Waals surface area contributed by atoms with Gasteiger partial charge >= 0.3 is 12.4 Å². The van der Waals surface area contributed by atoms with E-state index in [9.17, 15) is 13.2 Å². The van der Waals surface area contributed by atoms with E-state index in [1.165, 1.54) is 12.1 Å². The first-order valence-corrected chi connectivity index (χ1v) is 6.01. The molecule has 0 bridgehead atoms. The highest BCUT2D eigenvalue weighted by molar-refractivity contribution is 9.10. The molecule has 0 radical (unpaired) electrons. The van der Waals surface area contributed by atoms with Gasteiger partial charge in [0.25, 0.3) is 0 Å². The van der Waals surface area contributed by atoms with Gasteiger partial charge in [-0.2, -0.15) is 0 Å². The Morgan fingerprint density at radius 3 is 2.70 bits per heavy atom. The average Bonchev–Trinajstić information content (AvgIpc) is 2.78. The third kappa shape index (κ3) is 3.84. The van der Waals surface area contributed by atoms with Crippen LogP contribution in [0.5, 0.6) is 5.75 Å². The monoisotopic (exact) mass is 352 g/mol. The maximum atomic E-state index is 12.3. The van der Waals surface area contributed by atoms with Crippen LogP contribution in [0.3, 0.4) is 0 Å². The summed E-state index contributed by atoms with van der Waals surface area (Å²) in [4.78, 5) is 0. The Hall–Kier alpha value is -1.81. The first-order valence-electron chi connectivity index (χ1n) is 5.22. The zero-order valence-corrected chi connectivity index (χ0v) is 11.3. The van der Waals surface area contributed by atoms with E-state index >= 15 is 0 Å². The largest absolute Gasteiger partial charge is 0.573 e. The lowest BCUT2D eigenvalue weighted by Gasteiger charge is -2.13. The van der Waals surface area contributed by atoms with Crippen LogP contribution in [0.4, 0.5) is 24.9 Å². The van der Waals surface area contributed by atoms with Gasteiger partial charge < -0.3 is 20.2 Å². The fraction of sp³-hybridized carbons (Fsp3) is 0.200. The molecule has 0 fully saturated rings. The number of alkyl halides is 3. The van der Waals surface area contributed by atoms with Crippen LogP contribution in [-0.2, 0) is 6.54 Å². The van der Waals surface area contributed by atoms with Crippen LogP contribution in [0, 0.1) is 0 Å². The number of nitrogens with zero attached hydrogens (tertiary/aromatic N) is 2. The fourth-order valence-electron chi connectivity index (χ4n) is 1.31. The minimum absolute atomic E-state index is 0.0257. The Morgan fingerprint density at radius 2 is 2.10 bits per heavy atom. The van der Waals surface area contributed by atoms with Crippen LogP contribution in [0.1, 0.15) is 5.89 Å². The molecule has 1 aromatic heterocycles. The van der Waals surface area contributed by atoms with E-state index in [1.54, 1.807) is 0 Å². The molecule has 0 aliphatic heterocycles. The molecule has 2 rings (SSSR count). The smallest absolute Gasteiger partial charge is 0.406 e. The summed E-state index contributed by atoms with van der Waals surface area (Å²) in [5.74, 6) is -0.276. The second kappa shape index (κ2) is 5.67. The van der Waals surface area contributed by atoms with E-state index in [0.717, 1.165) is 6.07 Å². The number of ether oxygens (including phenoxy) is 1. The number of nitrogens with one attached hydrogen (secondary N) is 1. The molecule has 0 amide bonds. The molecule has 0 aliphatic rings. The summed E-state index contributed by atoms with van der Waals surface area (Å²) in [6.07, 6.45) is -4.81. The predicted octanol–water partition coefficient (Wildman–Crippen LogP) is 2.93. The van der Waals surface area contributed by atoms with Crippen LogP contribution in [0.25, 0.3) is 0 Å². The standard InChI is InChI=1S/C10H8BrF3N4O2/c11-5-1-2-6(7(3-5)20-10(12,13)14)16-9-18-17-8(4-15)19-9/h1-3H,4,15H2,(H,16,18). The maximum absolute atomic E-state index is 12.3. The van der Waals surface area contributed by atoms with Gasteiger partial charge in [0.05, 0.1) is 12.2 Å². The minimum Gasteiger partial charge on any atom is -0.406 e. The highest BCUT2D eigenvalue weighted by atomic mass is 79.9. The van der Waals surface area contributed by atoms with Crippen molar-refractivity contribution in [2.75, 3.05) is 5.32 Å². The Morgan fingerprint density at radius 1 is 1.35 bits per heavy atom. The molecule has 1 heterocycles. The molecule has 10 heteroatoms. The van der Waals surface area contributed by atoms with E-state index in [4.69, 9.17) is 10.2 Å². The quantitative estimate of drug-likeness (QED) is 0.879. The number of benzene rings is 1. The van der Waals surface area contributed by atoms with Gasteiger partial charge in [-0.3, -0.25) is 0 Å². The third-order valence-corrected chi connectivity index (χ3v) is 2.55. The van der Waals surface area contributed by atoms with Gasteiger partial charge in [0.2, 0.25) is 5.89 Å². The molecule has 3 N–H and O–H groups in total. The molecule has 108 valence electrons. The topological polar surface area (TPSA) is 86.2 Å². The molecule has 0 atom stereocenters. The minimum atomic E-state index is -4.81. The third-order valence-electron chi connectivity index (χ3n) is 2.05. The first kappa shape index (κ1) is 14.6. The van der Waals surface area contributed by atoms with Gasteiger partial charge in [-0.05, 0) is 18.2 Å². The van der Waals surface area contributed by atoms with Crippen LogP contribution in [0.15, 0.2) is 27.1 Å². The molecule has 20 heavy (non-hydrogen) atoms. The lowest BCUT2D eigenvalue weighted by atomic mass is 10.3. The molecule has 0 spiro atoms. The van der Waals surface area contributed by atoms with Gasteiger partial charge in [0.15, 0.2) is 5.75 Å². The number of hydrogen-bond acceptors (Lipinski definition) is 6. The number of aromatic nitrogens is 2. The van der Waals surface area contributed by atoms with Crippen LogP contribution in [-0.4, -0.2) is 16.6 Å². The Balaban J connectivity index is 2.26. The summed E-state index contributed by atoms with van der Waals surface area (Å²) in [6, 6.07) is 3.99. The van der Waals surface area contributed by atoms with Crippen molar-refractivity contribution in [1.29, 1.82) is 0 Å². The molecule has 6 nitrogen and oxygen atoms in total. The molecular weight excluding hydrogens is 345 g/mol. The zero-order valence-electron chi connectivity index (χ0n) is 9.74. The zero-order chi connectivity index (χ0) is 14.8. The number of halogens is 4. The number of hydrogen-bond donors (Lipinski definition) is 2. The van der Waals surface area contributed by atoms with E-state index < -0.39 is 12.1 Å². The van der Waals surface area contributed by atoms with Gasteiger partial charge in [-0.15, -0.1) is 18.3 Å². The molecule has 2 aromatic rings. The van der Waals surface area contributed by atoms with Crippen molar-refractivity contribution in [3.05, 3.63) is 28.6 Å². The Labute approximate surface area is 119 Å². The van der Waals surface area contributed by atoms with Gasteiger partial charge in [0.1, 0.15) is 0 Å². The highest BCUT2D eigenvalue weighted by Crippen LogP contribution is 2.34. The first-order chi connectivity index (χ1) is 9.37. The van der Waals surface area contributed by atoms with E-state index in [0.29, 0.717) is 4.47 Å². The second-order valence-electron chi connectivity index (χ2n) is 3.52. The molecule has 0 aliphatic carbocycles. The second-order valence-corrected chi connectivity index (χ2v) is 4.43. The van der Waals surface area contributed by atoms with Crippen LogP contribution < -0.4 is 15.8 Å². The summed E-state index contributed by atoms with van der Waals surface area (Å²) in [5.41, 5.74) is 5.31. The average molecular weight is 353 g/mol. The Kier molecular flexibility index (Phi) is 4.14. The molecule has 0 saturated carbocycles. The van der Waals surface area contributed by atoms with E-state index in [2.05, 4.69) is 36.2 Å². The molecule has 0 unspecified atom stereocenters. The van der Waals surface area contributed by atoms with Crippen molar-refractivity contribution < 1.29 is 22.3 Å². The summed E-state index contributed by atoms with van der Waals surface area (Å²) in [7, 11) is 0. The summed E-state index contributed by atoms with van der Waals surface area (Å²) in [5, 5.41) is 9.70. The van der Waals surface area contributed by atoms with E-state index in [-0.39, 0.29) is 24.1 Å². The summed E-state index contributed by atoms with van der Waals surface area (Å²) >= 11 is 3.06. The maximum Gasteiger partial charge on any atom is 0.573 e. The number of rotatable bonds is 4. The van der Waals surface area contributed by atoms with Crippen molar-refractivity contribution >= 4 is 27.6 Å². The highest BCUT2D eigenvalue weighted by Gasteiger charge is 2.32. The van der Waals surface area contributed by atoms with Gasteiger partial charge in [0, 0.05) is 4.47 Å². The molecular formula is C10H8BrF3N4O2. The van der Waals surface area contributed by atoms with Crippen molar-refractivity contribution in [1.82, 2.24) is 10.2 Å². The predicted molar refractivity (Wildman–Crippen MR) is 66.3 cm³/mol. The van der Waals surface area contributed by atoms with Crippen LogP contribution >= 0.6 is 15.9 Å². The lowest BCUT2D eigenvalue weighted by molar-refractivity contribution is -0.274. The van der Waals surface area contributed by atoms with Crippen LogP contribution in [0.2, 0.25) is 0 Å². The van der Waals surface area contributed by atoms with E-state index in [1.807, 2.05) is 0 Å². The van der Waals surface area contributed by atoms with Crippen molar-refractivity contribution in [2.45, 2.75) is 12.9 Å². The molecule has 1 aromatic carbocycles. The lowest BCUT2D eigenvalue weighted by Crippen LogP contribution is -2.18. The fourth-order valence-corrected chi connectivity index (χ4v) is 1.65. The number of nitrogens with two attached hydrogens (primary N) is 1. The summed E-state index contributed by atoms with van der Waals surface area (Å²) < 4.78 is 46.3. The van der Waals surface area contributed by atoms with Crippen molar-refractivity contribution in [3.63, 3.8) is 0 Å². The molecule has 0 saturated heterocycles. The van der Waals surface area contributed by atoms with Crippen molar-refractivity contribution in [3.8, 4) is 5.75 Å². The Bertz CT molecular complexity index is 602. The normalized spacial score (nSPS) is 11.4. The van der Waals surface area contributed by atoms with Gasteiger partial charge in [-0.1, -0.05) is 21.0 Å².